The van der Waals surface area contributed by atoms with E-state index in [1.54, 1.807) is 39.5 Å². The van der Waals surface area contributed by atoms with Crippen LogP contribution in [0.25, 0.3) is 6.08 Å². The third kappa shape index (κ3) is 3.39. The molecule has 1 aliphatic rings. The van der Waals surface area contributed by atoms with Crippen LogP contribution < -0.4 is 19.5 Å². The Kier molecular flexibility index (Phi) is 4.93. The van der Waals surface area contributed by atoms with Crippen LogP contribution in [0.4, 0.5) is 0 Å². The third-order valence-corrected chi connectivity index (χ3v) is 4.01. The second-order valence-corrected chi connectivity index (χ2v) is 5.77. The summed E-state index contributed by atoms with van der Waals surface area (Å²) < 4.78 is 16.0. The zero-order valence-electron chi connectivity index (χ0n) is 15.1. The fourth-order valence-electron chi connectivity index (χ4n) is 2.66. The van der Waals surface area contributed by atoms with Gasteiger partial charge in [-0.05, 0) is 30.7 Å². The molecular weight excluding hydrogens is 332 g/mol. The number of hydrogen-bond acceptors (Lipinski definition) is 5. The second-order valence-electron chi connectivity index (χ2n) is 5.77. The van der Waals surface area contributed by atoms with Gasteiger partial charge in [0.05, 0.1) is 21.3 Å². The Morgan fingerprint density at radius 1 is 0.962 bits per heavy atom. The molecular formula is C20H20N2O4. The minimum atomic E-state index is -0.255. The van der Waals surface area contributed by atoms with Crippen molar-refractivity contribution in [2.24, 2.45) is 4.99 Å². The van der Waals surface area contributed by atoms with Gasteiger partial charge in [-0.2, -0.15) is 0 Å². The molecule has 0 radical (unpaired) electrons. The summed E-state index contributed by atoms with van der Waals surface area (Å²) in [6.45, 7) is 2.01. The van der Waals surface area contributed by atoms with Crippen molar-refractivity contribution in [1.29, 1.82) is 0 Å². The summed E-state index contributed by atoms with van der Waals surface area (Å²) in [5.74, 6) is 1.81. The molecule has 6 heteroatoms. The summed E-state index contributed by atoms with van der Waals surface area (Å²) in [6, 6.07) is 11.3. The van der Waals surface area contributed by atoms with Crippen LogP contribution in [0.15, 0.2) is 47.1 Å². The van der Waals surface area contributed by atoms with E-state index in [-0.39, 0.29) is 5.91 Å². The van der Waals surface area contributed by atoms with Gasteiger partial charge in [-0.3, -0.25) is 4.79 Å². The molecule has 0 saturated heterocycles. The average Bonchev–Trinajstić information content (AvgIpc) is 3.01. The van der Waals surface area contributed by atoms with Crippen LogP contribution in [0.3, 0.4) is 0 Å². The van der Waals surface area contributed by atoms with Crippen molar-refractivity contribution in [1.82, 2.24) is 5.32 Å². The van der Waals surface area contributed by atoms with Gasteiger partial charge in [-0.1, -0.05) is 29.8 Å². The SMILES string of the molecule is COc1cc(/C=C2\N=C(c3ccc(C)cc3)NC2=O)cc(OC)c1OC. The van der Waals surface area contributed by atoms with Crippen LogP contribution in [0.5, 0.6) is 17.2 Å². The molecule has 0 bridgehead atoms. The molecule has 1 N–H and O–H groups in total. The minimum Gasteiger partial charge on any atom is -0.493 e. The molecule has 1 aliphatic heterocycles. The fraction of sp³-hybridized carbons (Fsp3) is 0.200. The van der Waals surface area contributed by atoms with Gasteiger partial charge in [0.15, 0.2) is 11.5 Å². The summed E-state index contributed by atoms with van der Waals surface area (Å²) in [5, 5.41) is 2.80. The number of nitrogens with zero attached hydrogens (tertiary/aromatic N) is 1. The van der Waals surface area contributed by atoms with Crippen molar-refractivity contribution in [2.45, 2.75) is 6.92 Å². The molecule has 6 nitrogen and oxygen atoms in total. The number of ether oxygens (including phenoxy) is 3. The maximum atomic E-state index is 12.3. The van der Waals surface area contributed by atoms with E-state index in [1.165, 1.54) is 0 Å². The summed E-state index contributed by atoms with van der Waals surface area (Å²) in [6.07, 6.45) is 1.68. The Labute approximate surface area is 152 Å². The van der Waals surface area contributed by atoms with Gasteiger partial charge in [0.25, 0.3) is 5.91 Å². The molecule has 1 amide bonds. The first-order valence-electron chi connectivity index (χ1n) is 8.04. The van der Waals surface area contributed by atoms with Crippen molar-refractivity contribution in [3.05, 3.63) is 58.8 Å². The number of aryl methyl sites for hydroxylation is 1. The number of aliphatic imine (C=N–C) groups is 1. The second kappa shape index (κ2) is 7.31. The number of hydrogen-bond donors (Lipinski definition) is 1. The van der Waals surface area contributed by atoms with Crippen molar-refractivity contribution in [3.8, 4) is 17.2 Å². The lowest BCUT2D eigenvalue weighted by Crippen LogP contribution is -2.24. The highest BCUT2D eigenvalue weighted by Crippen LogP contribution is 2.38. The van der Waals surface area contributed by atoms with E-state index in [1.807, 2.05) is 31.2 Å². The summed E-state index contributed by atoms with van der Waals surface area (Å²) in [5.41, 5.74) is 3.04. The summed E-state index contributed by atoms with van der Waals surface area (Å²) in [7, 11) is 4.63. The number of rotatable bonds is 5. The first-order chi connectivity index (χ1) is 12.5. The van der Waals surface area contributed by atoms with Crippen LogP contribution >= 0.6 is 0 Å². The van der Waals surface area contributed by atoms with Crippen molar-refractivity contribution in [3.63, 3.8) is 0 Å². The predicted molar refractivity (Wildman–Crippen MR) is 99.9 cm³/mol. The molecule has 0 aromatic heterocycles. The average molecular weight is 352 g/mol. The highest BCUT2D eigenvalue weighted by molar-refractivity contribution is 6.19. The first kappa shape index (κ1) is 17.5. The Hall–Kier alpha value is -3.28. The summed E-state index contributed by atoms with van der Waals surface area (Å²) in [4.78, 5) is 16.7. The highest BCUT2D eigenvalue weighted by Gasteiger charge is 2.21. The molecule has 0 atom stereocenters. The van der Waals surface area contributed by atoms with E-state index in [0.29, 0.717) is 28.8 Å². The smallest absolute Gasteiger partial charge is 0.275 e. The van der Waals surface area contributed by atoms with E-state index >= 15 is 0 Å². The third-order valence-electron chi connectivity index (χ3n) is 4.01. The van der Waals surface area contributed by atoms with E-state index in [2.05, 4.69) is 10.3 Å². The van der Waals surface area contributed by atoms with E-state index in [4.69, 9.17) is 14.2 Å². The number of benzene rings is 2. The van der Waals surface area contributed by atoms with Crippen molar-refractivity contribution >= 4 is 17.8 Å². The molecule has 26 heavy (non-hydrogen) atoms. The zero-order valence-corrected chi connectivity index (χ0v) is 15.1. The maximum absolute atomic E-state index is 12.3. The summed E-state index contributed by atoms with van der Waals surface area (Å²) >= 11 is 0. The fourth-order valence-corrected chi connectivity index (χ4v) is 2.66. The highest BCUT2D eigenvalue weighted by atomic mass is 16.5. The molecule has 0 unspecified atom stereocenters. The molecule has 3 rings (SSSR count). The lowest BCUT2D eigenvalue weighted by molar-refractivity contribution is -0.115. The lowest BCUT2D eigenvalue weighted by atomic mass is 10.1. The maximum Gasteiger partial charge on any atom is 0.275 e. The topological polar surface area (TPSA) is 69.2 Å². The molecule has 0 aliphatic carbocycles. The van der Waals surface area contributed by atoms with Gasteiger partial charge in [0.2, 0.25) is 5.75 Å². The molecule has 134 valence electrons. The molecule has 0 saturated carbocycles. The molecule has 1 heterocycles. The zero-order chi connectivity index (χ0) is 18.7. The largest absolute Gasteiger partial charge is 0.493 e. The molecule has 2 aromatic carbocycles. The Morgan fingerprint density at radius 3 is 2.12 bits per heavy atom. The van der Waals surface area contributed by atoms with Crippen LogP contribution in [0, 0.1) is 6.92 Å². The number of amides is 1. The molecule has 2 aromatic rings. The number of methoxy groups -OCH3 is 3. The van der Waals surface area contributed by atoms with Gasteiger partial charge >= 0.3 is 0 Å². The van der Waals surface area contributed by atoms with Gasteiger partial charge in [0, 0.05) is 5.56 Å². The number of amidine groups is 1. The quantitative estimate of drug-likeness (QED) is 0.840. The monoisotopic (exact) mass is 352 g/mol. The van der Waals surface area contributed by atoms with Crippen molar-refractivity contribution in [2.75, 3.05) is 21.3 Å². The molecule has 0 spiro atoms. The van der Waals surface area contributed by atoms with Crippen LogP contribution in [-0.4, -0.2) is 33.1 Å². The Morgan fingerprint density at radius 2 is 1.58 bits per heavy atom. The lowest BCUT2D eigenvalue weighted by Gasteiger charge is -2.12. The van der Waals surface area contributed by atoms with Gasteiger partial charge in [-0.15, -0.1) is 0 Å². The number of carbonyl (C=O) groups excluding carboxylic acids is 1. The van der Waals surface area contributed by atoms with Gasteiger partial charge < -0.3 is 19.5 Å². The Balaban J connectivity index is 1.99. The van der Waals surface area contributed by atoms with E-state index in [0.717, 1.165) is 16.7 Å². The van der Waals surface area contributed by atoms with Crippen LogP contribution in [0.2, 0.25) is 0 Å². The van der Waals surface area contributed by atoms with Crippen LogP contribution in [0.1, 0.15) is 16.7 Å². The molecule has 0 fully saturated rings. The predicted octanol–water partition coefficient (Wildman–Crippen LogP) is 2.94. The number of carbonyl (C=O) groups is 1. The Bertz CT molecular complexity index is 874. The van der Waals surface area contributed by atoms with Crippen molar-refractivity contribution < 1.29 is 19.0 Å². The minimum absolute atomic E-state index is 0.255. The standard InChI is InChI=1S/C20H20N2O4/c1-12-5-7-14(8-6-12)19-21-15(20(23)22-19)9-13-10-16(24-2)18(26-4)17(11-13)25-3/h5-11H,1-4H3,(H,21,22,23)/b15-9-. The van der Waals surface area contributed by atoms with Gasteiger partial charge in [-0.25, -0.2) is 4.99 Å². The normalized spacial score (nSPS) is 14.8. The van der Waals surface area contributed by atoms with E-state index in [9.17, 15) is 4.79 Å². The van der Waals surface area contributed by atoms with Crippen LogP contribution in [-0.2, 0) is 4.79 Å². The number of nitrogens with one attached hydrogen (secondary N) is 1. The van der Waals surface area contributed by atoms with E-state index < -0.39 is 0 Å². The van der Waals surface area contributed by atoms with Gasteiger partial charge in [0.1, 0.15) is 11.5 Å². The first-order valence-corrected chi connectivity index (χ1v) is 8.04.